The Morgan fingerprint density at radius 2 is 1.34 bits per heavy atom. The molecule has 0 radical (unpaired) electrons. The van der Waals surface area contributed by atoms with Crippen LogP contribution in [-0.4, -0.2) is 20.5 Å². The summed E-state index contributed by atoms with van der Waals surface area (Å²) in [6, 6.07) is 30.7. The second-order valence-electron chi connectivity index (χ2n) is 8.40. The third-order valence-corrected chi connectivity index (χ3v) is 6.47. The van der Waals surface area contributed by atoms with Gasteiger partial charge in [0, 0.05) is 23.1 Å². The molecule has 5 aromatic rings. The standard InChI is InChI=1S/C30H22N2O4S.Na/c33-29(22-11-14-24(15-12-22)36-19-21-9-5-2-6-10-21)25(17-20-7-3-1-4-8-20)28(30(34)35)23-13-16-26-27(18-23)32-37-31-26;/h1-16,18H,17,19H2,(H,34,35);/q;+1/p-1. The first kappa shape index (κ1) is 27.4. The van der Waals surface area contributed by atoms with Gasteiger partial charge in [-0.25, -0.2) is 0 Å². The van der Waals surface area contributed by atoms with E-state index < -0.39 is 11.8 Å². The molecule has 0 spiro atoms. The molecule has 182 valence electrons. The van der Waals surface area contributed by atoms with Crippen LogP contribution in [0, 0.1) is 0 Å². The third-order valence-electron chi connectivity index (χ3n) is 5.91. The van der Waals surface area contributed by atoms with Gasteiger partial charge in [-0.1, -0.05) is 66.7 Å². The van der Waals surface area contributed by atoms with E-state index >= 15 is 0 Å². The van der Waals surface area contributed by atoms with Crippen molar-refractivity contribution in [3.63, 3.8) is 0 Å². The van der Waals surface area contributed by atoms with Crippen LogP contribution in [0.2, 0.25) is 0 Å². The van der Waals surface area contributed by atoms with Crippen LogP contribution < -0.4 is 39.4 Å². The molecule has 8 heteroatoms. The first-order valence-corrected chi connectivity index (χ1v) is 12.3. The van der Waals surface area contributed by atoms with Gasteiger partial charge in [0.2, 0.25) is 0 Å². The molecule has 0 bridgehead atoms. The number of ketones is 1. The molecule has 5 rings (SSSR count). The van der Waals surface area contributed by atoms with E-state index in [1.165, 1.54) is 0 Å². The predicted octanol–water partition coefficient (Wildman–Crippen LogP) is 1.90. The van der Waals surface area contributed by atoms with Gasteiger partial charge in [0.1, 0.15) is 23.4 Å². The fourth-order valence-corrected chi connectivity index (χ4v) is 4.57. The zero-order valence-corrected chi connectivity index (χ0v) is 23.5. The van der Waals surface area contributed by atoms with Gasteiger partial charge >= 0.3 is 29.6 Å². The fourth-order valence-electron chi connectivity index (χ4n) is 4.05. The molecule has 0 saturated heterocycles. The number of allylic oxidation sites excluding steroid dienone is 1. The molecule has 6 nitrogen and oxygen atoms in total. The van der Waals surface area contributed by atoms with Crippen LogP contribution in [0.4, 0.5) is 0 Å². The Balaban J connectivity index is 0.00000336. The number of carbonyl (C=O) groups is 2. The summed E-state index contributed by atoms with van der Waals surface area (Å²) >= 11 is 1.04. The Morgan fingerprint density at radius 1 is 0.737 bits per heavy atom. The molecule has 0 fully saturated rings. The Labute approximate surface area is 246 Å². The van der Waals surface area contributed by atoms with E-state index in [4.69, 9.17) is 4.74 Å². The maximum atomic E-state index is 13.8. The zero-order valence-electron chi connectivity index (χ0n) is 20.7. The van der Waals surface area contributed by atoms with Crippen LogP contribution in [0.15, 0.2) is 109 Å². The number of hydrogen-bond acceptors (Lipinski definition) is 7. The van der Waals surface area contributed by atoms with Gasteiger partial charge in [0.25, 0.3) is 0 Å². The van der Waals surface area contributed by atoms with Gasteiger partial charge in [-0.05, 0) is 53.1 Å². The van der Waals surface area contributed by atoms with Gasteiger partial charge in [0.15, 0.2) is 5.78 Å². The molecule has 0 saturated carbocycles. The van der Waals surface area contributed by atoms with E-state index in [1.54, 1.807) is 42.5 Å². The van der Waals surface area contributed by atoms with Gasteiger partial charge in [0.05, 0.1) is 17.7 Å². The predicted molar refractivity (Wildman–Crippen MR) is 141 cm³/mol. The summed E-state index contributed by atoms with van der Waals surface area (Å²) in [7, 11) is 0. The van der Waals surface area contributed by atoms with Gasteiger partial charge in [-0.3, -0.25) is 4.79 Å². The number of nitrogens with zero attached hydrogens (tertiary/aromatic N) is 2. The van der Waals surface area contributed by atoms with E-state index in [2.05, 4.69) is 8.75 Å². The molecular weight excluding hydrogens is 507 g/mol. The van der Waals surface area contributed by atoms with E-state index in [9.17, 15) is 14.7 Å². The maximum Gasteiger partial charge on any atom is 1.00 e. The van der Waals surface area contributed by atoms with E-state index in [1.807, 2.05) is 60.7 Å². The summed E-state index contributed by atoms with van der Waals surface area (Å²) in [5, 5.41) is 12.4. The summed E-state index contributed by atoms with van der Waals surface area (Å²) in [5.41, 5.74) is 3.74. The topological polar surface area (TPSA) is 92.2 Å². The van der Waals surface area contributed by atoms with Crippen molar-refractivity contribution in [1.29, 1.82) is 0 Å². The molecule has 4 aromatic carbocycles. The second-order valence-corrected chi connectivity index (χ2v) is 8.93. The van der Waals surface area contributed by atoms with Gasteiger partial charge < -0.3 is 14.6 Å². The first-order chi connectivity index (χ1) is 18.1. The van der Waals surface area contributed by atoms with Crippen molar-refractivity contribution in [2.45, 2.75) is 13.0 Å². The Bertz CT molecular complexity index is 1580. The monoisotopic (exact) mass is 528 g/mol. The molecule has 0 aliphatic carbocycles. The Morgan fingerprint density at radius 3 is 2.00 bits per heavy atom. The quantitative estimate of drug-likeness (QED) is 0.165. The average molecular weight is 529 g/mol. The van der Waals surface area contributed by atoms with Gasteiger partial charge in [-0.15, -0.1) is 0 Å². The third kappa shape index (κ3) is 6.44. The fraction of sp³-hybridized carbons (Fsp3) is 0.0667. The normalized spacial score (nSPS) is 11.4. The Kier molecular flexibility index (Phi) is 9.20. The number of carboxylic acids is 1. The molecule has 1 aromatic heterocycles. The van der Waals surface area contributed by atoms with Crippen molar-refractivity contribution in [2.75, 3.05) is 0 Å². The van der Waals surface area contributed by atoms with Crippen LogP contribution in [0.1, 0.15) is 27.0 Å². The number of Topliss-reactive ketones (excluding diaryl/α,β-unsaturated/α-hetero) is 1. The van der Waals surface area contributed by atoms with Crippen molar-refractivity contribution in [3.05, 3.63) is 131 Å². The van der Waals surface area contributed by atoms with Crippen LogP contribution in [-0.2, 0) is 17.8 Å². The molecule has 0 aliphatic rings. The number of benzene rings is 4. The molecule has 0 aliphatic heterocycles. The summed E-state index contributed by atoms with van der Waals surface area (Å²) in [6.07, 6.45) is 0.128. The largest absolute Gasteiger partial charge is 1.00 e. The van der Waals surface area contributed by atoms with E-state index in [0.717, 1.165) is 22.9 Å². The van der Waals surface area contributed by atoms with Crippen LogP contribution >= 0.6 is 11.7 Å². The smallest absolute Gasteiger partial charge is 0.545 e. The van der Waals surface area contributed by atoms with Crippen LogP contribution in [0.25, 0.3) is 16.6 Å². The SMILES string of the molecule is O=C([O-])C(=C(Cc1ccccc1)C(=O)c1ccc(OCc2ccccc2)cc1)c1ccc2nsnc2c1.[Na+]. The number of aromatic nitrogens is 2. The van der Waals surface area contributed by atoms with E-state index in [0.29, 0.717) is 34.5 Å². The number of carbonyl (C=O) groups excluding carboxylic acids is 2. The van der Waals surface area contributed by atoms with Crippen molar-refractivity contribution < 1.29 is 49.0 Å². The molecular formula is C30H21N2NaO4S. The number of rotatable bonds is 9. The van der Waals surface area contributed by atoms with Crippen LogP contribution in [0.3, 0.4) is 0 Å². The molecule has 1 heterocycles. The number of hydrogen-bond donors (Lipinski definition) is 0. The van der Waals surface area contributed by atoms with Crippen molar-refractivity contribution >= 4 is 40.1 Å². The molecule has 0 amide bonds. The minimum atomic E-state index is -1.43. The molecule has 0 unspecified atom stereocenters. The molecule has 0 atom stereocenters. The summed E-state index contributed by atoms with van der Waals surface area (Å²) in [5.74, 6) is -1.21. The number of fused-ring (bicyclic) bond motifs is 1. The van der Waals surface area contributed by atoms with Crippen molar-refractivity contribution in [2.24, 2.45) is 0 Å². The first-order valence-electron chi connectivity index (χ1n) is 11.6. The average Bonchev–Trinajstić information content (AvgIpc) is 3.41. The van der Waals surface area contributed by atoms with Gasteiger partial charge in [-0.2, -0.15) is 8.75 Å². The van der Waals surface area contributed by atoms with Crippen LogP contribution in [0.5, 0.6) is 5.75 Å². The number of carboxylic acid groups (broad SMARTS) is 1. The Hall–Kier alpha value is -3.62. The zero-order chi connectivity index (χ0) is 25.6. The molecule has 38 heavy (non-hydrogen) atoms. The van der Waals surface area contributed by atoms with Crippen molar-refractivity contribution in [3.8, 4) is 5.75 Å². The van der Waals surface area contributed by atoms with E-state index in [-0.39, 0.29) is 47.1 Å². The number of aliphatic carboxylic acids is 1. The van der Waals surface area contributed by atoms with Crippen molar-refractivity contribution in [1.82, 2.24) is 8.75 Å². The second kappa shape index (κ2) is 12.8. The number of ether oxygens (including phenoxy) is 1. The minimum absolute atomic E-state index is 0. The maximum absolute atomic E-state index is 13.8. The minimum Gasteiger partial charge on any atom is -0.545 e. The summed E-state index contributed by atoms with van der Waals surface area (Å²) < 4.78 is 14.2. The summed E-state index contributed by atoms with van der Waals surface area (Å²) in [4.78, 5) is 26.2. The summed E-state index contributed by atoms with van der Waals surface area (Å²) in [6.45, 7) is 0.399. The molecule has 0 N–H and O–H groups in total.